The fourth-order valence-corrected chi connectivity index (χ4v) is 14.7. The summed E-state index contributed by atoms with van der Waals surface area (Å²) < 4.78 is 22.4. The van der Waals surface area contributed by atoms with Crippen molar-refractivity contribution in [2.75, 3.05) is 19.8 Å². The molecule has 7 fully saturated rings. The molecule has 11 N–H and O–H groups in total. The molecule has 346 valence electrons. The summed E-state index contributed by atoms with van der Waals surface area (Å²) >= 11 is 0. The maximum Gasteiger partial charge on any atom is 0.308 e. The van der Waals surface area contributed by atoms with E-state index in [4.69, 9.17) is 18.9 Å². The van der Waals surface area contributed by atoms with Crippen LogP contribution in [0.5, 0.6) is 0 Å². The highest BCUT2D eigenvalue weighted by Crippen LogP contribution is 2.89. The van der Waals surface area contributed by atoms with E-state index in [9.17, 15) is 61.0 Å². The Hall–Kier alpha value is -1.09. The first-order chi connectivity index (χ1) is 28.0. The Morgan fingerprint density at radius 3 is 1.92 bits per heavy atom. The molecule has 60 heavy (non-hydrogen) atoms. The predicted octanol–water partition coefficient (Wildman–Crippen LogP) is 0.0904. The van der Waals surface area contributed by atoms with Crippen LogP contribution in [0.4, 0.5) is 0 Å². The van der Waals surface area contributed by atoms with Crippen molar-refractivity contribution in [1.82, 2.24) is 0 Å². The van der Waals surface area contributed by atoms with Gasteiger partial charge >= 0.3 is 5.97 Å². The van der Waals surface area contributed by atoms with E-state index in [1.807, 2.05) is 20.8 Å². The molecule has 5 unspecified atom stereocenters. The van der Waals surface area contributed by atoms with Crippen LogP contribution < -0.4 is 0 Å². The van der Waals surface area contributed by atoms with Gasteiger partial charge in [0.05, 0.1) is 44.1 Å². The Balaban J connectivity index is 1.03. The second-order valence-corrected chi connectivity index (χ2v) is 21.5. The SMILES string of the molecule is CC(C)[C@@](O)(CC[C@@H](C)[C@H]1CC[C@@]2(C)[C@@H]3CCC4C5(CC35CC[C@]12C)[C@@H](O)C[C@H](O)[C@@]4(C)CC(=O)OC1O[C@@H](CO)[C@H](O)[C@@H](O)[C@@H]1O)COC1O[C@H](CO)[C@@H](O)[C@H](O)[C@H]1O. The van der Waals surface area contributed by atoms with Crippen LogP contribution in [0.15, 0.2) is 0 Å². The fourth-order valence-electron chi connectivity index (χ4n) is 14.7. The number of carbonyl (C=O) groups is 1. The second kappa shape index (κ2) is 16.4. The summed E-state index contributed by atoms with van der Waals surface area (Å²) in [6.07, 6.45) is -9.24. The molecule has 0 aromatic heterocycles. The summed E-state index contributed by atoms with van der Waals surface area (Å²) in [7, 11) is 0. The molecule has 2 spiro atoms. The smallest absolute Gasteiger partial charge is 0.308 e. The topological polar surface area (TPSA) is 277 Å². The van der Waals surface area contributed by atoms with E-state index in [0.717, 1.165) is 44.9 Å². The zero-order valence-corrected chi connectivity index (χ0v) is 36.2. The van der Waals surface area contributed by atoms with E-state index in [1.54, 1.807) is 0 Å². The molecule has 0 bridgehead atoms. The quantitative estimate of drug-likeness (QED) is 0.110. The van der Waals surface area contributed by atoms with E-state index in [0.29, 0.717) is 24.7 Å². The zero-order chi connectivity index (χ0) is 44.1. The minimum absolute atomic E-state index is 0.0145. The van der Waals surface area contributed by atoms with Crippen molar-refractivity contribution in [3.8, 4) is 0 Å². The van der Waals surface area contributed by atoms with Gasteiger partial charge in [0.25, 0.3) is 0 Å². The van der Waals surface area contributed by atoms with Gasteiger partial charge in [0.2, 0.25) is 6.29 Å². The summed E-state index contributed by atoms with van der Waals surface area (Å²) in [4.78, 5) is 13.6. The number of hydrogen-bond donors (Lipinski definition) is 11. The number of esters is 1. The monoisotopic (exact) mass is 858 g/mol. The van der Waals surface area contributed by atoms with Gasteiger partial charge in [0, 0.05) is 17.3 Å². The van der Waals surface area contributed by atoms with Crippen LogP contribution in [0.3, 0.4) is 0 Å². The Bertz CT molecular complexity index is 1550. The number of rotatable bonds is 13. The van der Waals surface area contributed by atoms with E-state index >= 15 is 0 Å². The minimum atomic E-state index is -1.73. The molecule has 0 aromatic carbocycles. The van der Waals surface area contributed by atoms with Crippen LogP contribution in [-0.4, -0.2) is 161 Å². The highest BCUT2D eigenvalue weighted by Gasteiger charge is 2.85. The normalized spacial score (nSPS) is 52.7. The Morgan fingerprint density at radius 1 is 0.733 bits per heavy atom. The number of carbonyl (C=O) groups excluding carboxylic acids is 1. The summed E-state index contributed by atoms with van der Waals surface area (Å²) in [5.41, 5.74) is -2.90. The molecular formula is C44H74O16. The lowest BCUT2D eigenvalue weighted by atomic mass is 9.41. The lowest BCUT2D eigenvalue weighted by Crippen LogP contribution is -2.62. The van der Waals surface area contributed by atoms with Crippen LogP contribution >= 0.6 is 0 Å². The van der Waals surface area contributed by atoms with Crippen LogP contribution in [-0.2, 0) is 23.7 Å². The zero-order valence-electron chi connectivity index (χ0n) is 36.2. The molecule has 2 saturated heterocycles. The molecule has 5 saturated carbocycles. The second-order valence-electron chi connectivity index (χ2n) is 21.5. The molecule has 7 rings (SSSR count). The highest BCUT2D eigenvalue weighted by atomic mass is 16.7. The van der Waals surface area contributed by atoms with E-state index in [1.165, 1.54) is 0 Å². The molecule has 2 heterocycles. The average Bonchev–Trinajstić information content (AvgIpc) is 3.82. The maximum atomic E-state index is 13.6. The number of aliphatic hydroxyl groups is 11. The van der Waals surface area contributed by atoms with Gasteiger partial charge in [-0.15, -0.1) is 0 Å². The molecule has 7 aliphatic rings. The first-order valence-corrected chi connectivity index (χ1v) is 22.5. The van der Waals surface area contributed by atoms with Gasteiger partial charge in [-0.25, -0.2) is 0 Å². The lowest BCUT2D eigenvalue weighted by Gasteiger charge is -2.64. The van der Waals surface area contributed by atoms with Crippen molar-refractivity contribution in [2.45, 2.75) is 191 Å². The van der Waals surface area contributed by atoms with Crippen LogP contribution in [0.1, 0.15) is 112 Å². The number of fused-ring (bicyclic) bond motifs is 2. The van der Waals surface area contributed by atoms with Gasteiger partial charge in [-0.2, -0.15) is 0 Å². The first kappa shape index (κ1) is 46.9. The molecule has 22 atom stereocenters. The Kier molecular flexibility index (Phi) is 12.8. The van der Waals surface area contributed by atoms with Gasteiger partial charge in [-0.3, -0.25) is 4.79 Å². The van der Waals surface area contributed by atoms with Gasteiger partial charge in [-0.1, -0.05) is 41.5 Å². The molecule has 2 aliphatic heterocycles. The number of hydrogen-bond acceptors (Lipinski definition) is 16. The van der Waals surface area contributed by atoms with Gasteiger partial charge < -0.3 is 75.1 Å². The third-order valence-electron chi connectivity index (χ3n) is 18.8. The molecule has 0 radical (unpaired) electrons. The van der Waals surface area contributed by atoms with Crippen molar-refractivity contribution in [1.29, 1.82) is 0 Å². The summed E-state index contributed by atoms with van der Waals surface area (Å²) in [5, 5.41) is 117. The van der Waals surface area contributed by atoms with E-state index < -0.39 is 109 Å². The third kappa shape index (κ3) is 6.96. The molecule has 5 aliphatic carbocycles. The van der Waals surface area contributed by atoms with Crippen LogP contribution in [0.25, 0.3) is 0 Å². The van der Waals surface area contributed by atoms with Crippen LogP contribution in [0, 0.1) is 56.7 Å². The minimum Gasteiger partial charge on any atom is -0.433 e. The van der Waals surface area contributed by atoms with Crippen molar-refractivity contribution in [3.63, 3.8) is 0 Å². The Morgan fingerprint density at radius 2 is 1.32 bits per heavy atom. The van der Waals surface area contributed by atoms with Gasteiger partial charge in [0.1, 0.15) is 48.8 Å². The maximum absolute atomic E-state index is 13.6. The Labute approximate surface area is 353 Å². The molecule has 0 amide bonds. The average molecular weight is 859 g/mol. The van der Waals surface area contributed by atoms with E-state index in [-0.39, 0.29) is 53.4 Å². The molecular weight excluding hydrogens is 784 g/mol. The molecule has 16 heteroatoms. The fraction of sp³-hybridized carbons (Fsp3) is 0.977. The van der Waals surface area contributed by atoms with Gasteiger partial charge in [0.15, 0.2) is 6.29 Å². The van der Waals surface area contributed by atoms with Crippen molar-refractivity contribution < 1.29 is 79.9 Å². The van der Waals surface area contributed by atoms with Crippen molar-refractivity contribution in [2.24, 2.45) is 56.7 Å². The van der Waals surface area contributed by atoms with E-state index in [2.05, 4.69) is 20.8 Å². The molecule has 0 aromatic rings. The predicted molar refractivity (Wildman–Crippen MR) is 211 cm³/mol. The lowest BCUT2D eigenvalue weighted by molar-refractivity contribution is -0.310. The summed E-state index contributed by atoms with van der Waals surface area (Å²) in [6, 6.07) is 0. The number of aliphatic hydroxyl groups excluding tert-OH is 10. The largest absolute Gasteiger partial charge is 0.433 e. The van der Waals surface area contributed by atoms with Crippen molar-refractivity contribution >= 4 is 5.97 Å². The molecule has 16 nitrogen and oxygen atoms in total. The standard InChI is InChI=1S/C44H74O16/c1-21(2)43(56,20-57-37-35(54)33(52)31(50)24(17-45)58-37)12-9-22(3)23-10-11-41(6)27-8-7-26-39(4,16-30(49)60-38-36(55)34(53)32(51)25(18-46)59-38)28(47)15-29(48)44(26)19-42(27,44)14-13-40(23,41)5/h21-29,31-38,45-48,50-56H,7-20H2,1-6H3/t22-,23-,24-,25+,26?,27+,28+,29+,31-,32+,33+,34-,35-,36+,37?,38?,39+,40-,41+,42?,43-,44?/m1/s1. The third-order valence-corrected chi connectivity index (χ3v) is 18.8. The van der Waals surface area contributed by atoms with Crippen molar-refractivity contribution in [3.05, 3.63) is 0 Å². The summed E-state index contributed by atoms with van der Waals surface area (Å²) in [5.74, 6) is -0.186. The van der Waals surface area contributed by atoms with Crippen LogP contribution in [0.2, 0.25) is 0 Å². The number of ether oxygens (including phenoxy) is 4. The summed E-state index contributed by atoms with van der Waals surface area (Å²) in [6.45, 7) is 11.4. The first-order valence-electron chi connectivity index (χ1n) is 22.5. The highest BCUT2D eigenvalue weighted by molar-refractivity contribution is 5.71. The van der Waals surface area contributed by atoms with Gasteiger partial charge in [-0.05, 0) is 104 Å².